The molecule has 0 aromatic heterocycles. The smallest absolute Gasteiger partial charge is 0.336 e. The molecule has 0 fully saturated rings. The fourth-order valence-electron chi connectivity index (χ4n) is 1.19. The van der Waals surface area contributed by atoms with Crippen molar-refractivity contribution >= 4 is 11.9 Å². The summed E-state index contributed by atoms with van der Waals surface area (Å²) in [5.74, 6) is -3.10. The van der Waals surface area contributed by atoms with Crippen LogP contribution < -0.4 is 5.32 Å². The minimum Gasteiger partial charge on any atom is -0.481 e. The minimum absolute atomic E-state index is 0.448. The van der Waals surface area contributed by atoms with Crippen LogP contribution in [-0.4, -0.2) is 50.7 Å². The summed E-state index contributed by atoms with van der Waals surface area (Å²) in [6.07, 6.45) is -2.05. The SMILES string of the molecule is CCCNC(O)CC(O)(CC(=O)O)C(=O)O. The van der Waals surface area contributed by atoms with Gasteiger partial charge in [0.15, 0.2) is 5.60 Å². The lowest BCUT2D eigenvalue weighted by atomic mass is 9.95. The highest BCUT2D eigenvalue weighted by Gasteiger charge is 2.40. The highest BCUT2D eigenvalue weighted by molar-refractivity contribution is 5.83. The largest absolute Gasteiger partial charge is 0.481 e. The van der Waals surface area contributed by atoms with Crippen molar-refractivity contribution in [3.8, 4) is 0 Å². The maximum absolute atomic E-state index is 10.7. The Balaban J connectivity index is 4.43. The predicted octanol–water partition coefficient (Wildman–Crippen LogP) is -1.02. The van der Waals surface area contributed by atoms with E-state index in [1.54, 1.807) is 0 Å². The van der Waals surface area contributed by atoms with Crippen LogP contribution >= 0.6 is 0 Å². The molecule has 0 aromatic carbocycles. The Hall–Kier alpha value is -1.18. The molecule has 2 unspecified atom stereocenters. The first-order chi connectivity index (χ1) is 7.31. The zero-order valence-electron chi connectivity index (χ0n) is 9.01. The lowest BCUT2D eigenvalue weighted by molar-refractivity contribution is -0.169. The standard InChI is InChI=1S/C9H17NO6/c1-2-3-10-6(11)4-9(16,8(14)15)5-7(12)13/h6,10-11,16H,2-5H2,1H3,(H,12,13)(H,14,15). The maximum atomic E-state index is 10.7. The second-order valence-electron chi connectivity index (χ2n) is 3.58. The molecular weight excluding hydrogens is 218 g/mol. The third-order valence-corrected chi connectivity index (χ3v) is 2.00. The van der Waals surface area contributed by atoms with E-state index in [-0.39, 0.29) is 0 Å². The molecule has 0 bridgehead atoms. The van der Waals surface area contributed by atoms with Gasteiger partial charge in [0.1, 0.15) is 6.23 Å². The summed E-state index contributed by atoms with van der Waals surface area (Å²) in [5.41, 5.74) is -2.45. The molecule has 0 aliphatic carbocycles. The molecule has 7 nitrogen and oxygen atoms in total. The first kappa shape index (κ1) is 14.8. The minimum atomic E-state index is -2.45. The number of aliphatic carboxylic acids is 2. The van der Waals surface area contributed by atoms with Crippen LogP contribution in [-0.2, 0) is 9.59 Å². The molecule has 0 spiro atoms. The molecule has 0 aromatic rings. The van der Waals surface area contributed by atoms with Crippen LogP contribution in [0.2, 0.25) is 0 Å². The van der Waals surface area contributed by atoms with Crippen molar-refractivity contribution in [2.24, 2.45) is 0 Å². The predicted molar refractivity (Wildman–Crippen MR) is 53.8 cm³/mol. The number of aliphatic hydroxyl groups excluding tert-OH is 1. The van der Waals surface area contributed by atoms with E-state index in [0.29, 0.717) is 6.54 Å². The monoisotopic (exact) mass is 235 g/mol. The molecule has 0 aliphatic rings. The fraction of sp³-hybridized carbons (Fsp3) is 0.778. The summed E-state index contributed by atoms with van der Waals surface area (Å²) in [6.45, 7) is 2.30. The molecule has 0 saturated carbocycles. The van der Waals surface area contributed by atoms with Crippen LogP contribution in [0.1, 0.15) is 26.2 Å². The van der Waals surface area contributed by atoms with Crippen LogP contribution in [0, 0.1) is 0 Å². The van der Waals surface area contributed by atoms with Gasteiger partial charge in [0.25, 0.3) is 0 Å². The van der Waals surface area contributed by atoms with Crippen molar-refractivity contribution in [2.75, 3.05) is 6.54 Å². The number of carboxylic acid groups (broad SMARTS) is 2. The van der Waals surface area contributed by atoms with Gasteiger partial charge in [0.05, 0.1) is 6.42 Å². The molecule has 0 amide bonds. The molecule has 0 rings (SSSR count). The van der Waals surface area contributed by atoms with Gasteiger partial charge in [0, 0.05) is 6.42 Å². The molecular formula is C9H17NO6. The average Bonchev–Trinajstić information content (AvgIpc) is 2.12. The third-order valence-electron chi connectivity index (χ3n) is 2.00. The van der Waals surface area contributed by atoms with Crippen molar-refractivity contribution in [1.82, 2.24) is 5.32 Å². The van der Waals surface area contributed by atoms with Crippen LogP contribution in [0.4, 0.5) is 0 Å². The number of nitrogens with one attached hydrogen (secondary N) is 1. The molecule has 0 radical (unpaired) electrons. The lowest BCUT2D eigenvalue weighted by Gasteiger charge is -2.24. The molecule has 0 saturated heterocycles. The first-order valence-corrected chi connectivity index (χ1v) is 4.91. The van der Waals surface area contributed by atoms with E-state index in [1.807, 2.05) is 6.92 Å². The van der Waals surface area contributed by atoms with E-state index in [9.17, 15) is 19.8 Å². The van der Waals surface area contributed by atoms with Gasteiger partial charge in [-0.2, -0.15) is 0 Å². The topological polar surface area (TPSA) is 127 Å². The Morgan fingerprint density at radius 2 is 1.94 bits per heavy atom. The summed E-state index contributed by atoms with van der Waals surface area (Å²) in [5, 5.41) is 38.6. The molecule has 5 N–H and O–H groups in total. The van der Waals surface area contributed by atoms with E-state index in [0.717, 1.165) is 6.42 Å². The average molecular weight is 235 g/mol. The summed E-state index contributed by atoms with van der Waals surface area (Å²) in [6, 6.07) is 0. The molecule has 16 heavy (non-hydrogen) atoms. The highest BCUT2D eigenvalue weighted by Crippen LogP contribution is 2.17. The lowest BCUT2D eigenvalue weighted by Crippen LogP contribution is -2.47. The molecule has 7 heteroatoms. The van der Waals surface area contributed by atoms with Gasteiger partial charge in [-0.15, -0.1) is 0 Å². The van der Waals surface area contributed by atoms with E-state index in [1.165, 1.54) is 0 Å². The van der Waals surface area contributed by atoms with Crippen molar-refractivity contribution in [3.63, 3.8) is 0 Å². The number of carbonyl (C=O) groups is 2. The van der Waals surface area contributed by atoms with E-state index in [4.69, 9.17) is 10.2 Å². The van der Waals surface area contributed by atoms with Gasteiger partial charge in [-0.25, -0.2) is 4.79 Å². The number of carboxylic acids is 2. The van der Waals surface area contributed by atoms with Gasteiger partial charge in [-0.3, -0.25) is 10.1 Å². The summed E-state index contributed by atoms with van der Waals surface area (Å²) in [7, 11) is 0. The van der Waals surface area contributed by atoms with E-state index < -0.39 is 36.6 Å². The summed E-state index contributed by atoms with van der Waals surface area (Å²) in [4.78, 5) is 21.1. The van der Waals surface area contributed by atoms with Gasteiger partial charge >= 0.3 is 11.9 Å². The van der Waals surface area contributed by atoms with Crippen molar-refractivity contribution < 1.29 is 30.0 Å². The quantitative estimate of drug-likeness (QED) is 0.341. The van der Waals surface area contributed by atoms with Crippen LogP contribution in [0.15, 0.2) is 0 Å². The van der Waals surface area contributed by atoms with Gasteiger partial charge < -0.3 is 20.4 Å². The maximum Gasteiger partial charge on any atom is 0.336 e. The zero-order valence-corrected chi connectivity index (χ0v) is 9.01. The second-order valence-corrected chi connectivity index (χ2v) is 3.58. The normalized spacial score (nSPS) is 16.4. The second kappa shape index (κ2) is 6.41. The van der Waals surface area contributed by atoms with Gasteiger partial charge in [0.2, 0.25) is 0 Å². The highest BCUT2D eigenvalue weighted by atomic mass is 16.4. The van der Waals surface area contributed by atoms with E-state index in [2.05, 4.69) is 5.32 Å². The Morgan fingerprint density at radius 3 is 2.31 bits per heavy atom. The third kappa shape index (κ3) is 5.06. The van der Waals surface area contributed by atoms with Crippen molar-refractivity contribution in [2.45, 2.75) is 38.0 Å². The number of aliphatic hydroxyl groups is 2. The van der Waals surface area contributed by atoms with Crippen LogP contribution in [0.3, 0.4) is 0 Å². The fourth-order valence-corrected chi connectivity index (χ4v) is 1.19. The Morgan fingerprint density at radius 1 is 1.38 bits per heavy atom. The molecule has 94 valence electrons. The number of rotatable bonds is 8. The molecule has 0 heterocycles. The Bertz CT molecular complexity index is 256. The summed E-state index contributed by atoms with van der Waals surface area (Å²) < 4.78 is 0. The Labute approximate surface area is 92.7 Å². The summed E-state index contributed by atoms with van der Waals surface area (Å²) >= 11 is 0. The number of hydrogen-bond donors (Lipinski definition) is 5. The van der Waals surface area contributed by atoms with Gasteiger partial charge in [-0.1, -0.05) is 6.92 Å². The van der Waals surface area contributed by atoms with Gasteiger partial charge in [-0.05, 0) is 13.0 Å². The van der Waals surface area contributed by atoms with Crippen LogP contribution in [0.25, 0.3) is 0 Å². The molecule has 0 aliphatic heterocycles. The Kier molecular flexibility index (Phi) is 5.94. The van der Waals surface area contributed by atoms with Crippen molar-refractivity contribution in [1.29, 1.82) is 0 Å². The van der Waals surface area contributed by atoms with E-state index >= 15 is 0 Å². The van der Waals surface area contributed by atoms with Crippen molar-refractivity contribution in [3.05, 3.63) is 0 Å². The van der Waals surface area contributed by atoms with Crippen LogP contribution in [0.5, 0.6) is 0 Å². The first-order valence-electron chi connectivity index (χ1n) is 4.91. The molecule has 2 atom stereocenters. The zero-order chi connectivity index (χ0) is 12.8. The number of hydrogen-bond acceptors (Lipinski definition) is 5.